The molecule has 504 valence electrons. The zero-order valence-electron chi connectivity index (χ0n) is 57.4. The molecule has 2 unspecified atom stereocenters. The normalized spacial score (nSPS) is 13.9. The van der Waals surface area contributed by atoms with Crippen molar-refractivity contribution in [2.24, 2.45) is 0 Å². The third-order valence-corrected chi connectivity index (χ3v) is 16.1. The number of nitrogens with zero attached hydrogens (tertiary/aromatic N) is 1. The van der Waals surface area contributed by atoms with Gasteiger partial charge in [0.2, 0.25) is 0 Å². The van der Waals surface area contributed by atoms with Gasteiger partial charge in [-0.3, -0.25) is 14.2 Å². The van der Waals surface area contributed by atoms with Crippen molar-refractivity contribution in [1.29, 1.82) is 0 Å². The molecule has 2 atom stereocenters. The Morgan fingerprint density at radius 2 is 0.648 bits per heavy atom. The first-order valence-corrected chi connectivity index (χ1v) is 37.4. The number of likely N-dealkylation sites (N-methyl/N-ethyl adjacent to an activating group) is 1. The van der Waals surface area contributed by atoms with Crippen LogP contribution in [0.15, 0.2) is 134 Å². The Bertz CT molecular complexity index is 1950. The predicted molar refractivity (Wildman–Crippen MR) is 378 cm³/mol. The first-order valence-electron chi connectivity index (χ1n) is 35.9. The van der Waals surface area contributed by atoms with Crippen molar-refractivity contribution in [3.05, 3.63) is 134 Å². The molecule has 0 bridgehead atoms. The number of phosphoric acid groups is 1. The maximum absolute atomic E-state index is 12.9. The van der Waals surface area contributed by atoms with Crippen LogP contribution in [0.1, 0.15) is 296 Å². The first-order chi connectivity index (χ1) is 43.0. The number of ether oxygens (including phenoxy) is 2. The second-order valence-corrected chi connectivity index (χ2v) is 26.3. The molecule has 0 radical (unpaired) electrons. The predicted octanol–water partition coefficient (Wildman–Crippen LogP) is 23.0. The molecule has 0 aromatic carbocycles. The molecule has 0 heterocycles. The number of phosphoric ester groups is 1. The van der Waals surface area contributed by atoms with E-state index in [0.29, 0.717) is 17.4 Å². The maximum atomic E-state index is 12.9. The topological polar surface area (TPSA) is 111 Å². The summed E-state index contributed by atoms with van der Waals surface area (Å²) in [5.41, 5.74) is 0. The van der Waals surface area contributed by atoms with Crippen LogP contribution in [0.5, 0.6) is 0 Å². The van der Waals surface area contributed by atoms with Crippen molar-refractivity contribution in [3.63, 3.8) is 0 Å². The highest BCUT2D eigenvalue weighted by atomic mass is 31.2. The molecule has 0 aliphatic heterocycles. The van der Waals surface area contributed by atoms with E-state index >= 15 is 0 Å². The Morgan fingerprint density at radius 3 is 0.966 bits per heavy atom. The summed E-state index contributed by atoms with van der Waals surface area (Å²) in [5.74, 6) is -0.870. The van der Waals surface area contributed by atoms with Crippen LogP contribution in [0.4, 0.5) is 0 Å². The Labute approximate surface area is 542 Å². The van der Waals surface area contributed by atoms with Crippen LogP contribution in [-0.2, 0) is 32.7 Å². The van der Waals surface area contributed by atoms with E-state index in [9.17, 15) is 19.0 Å². The third kappa shape index (κ3) is 71.2. The minimum atomic E-state index is -4.66. The van der Waals surface area contributed by atoms with E-state index in [4.69, 9.17) is 18.5 Å². The Kier molecular flexibility index (Phi) is 64.6. The average molecular weight is 1240 g/mol. The third-order valence-electron chi connectivity index (χ3n) is 15.2. The van der Waals surface area contributed by atoms with Gasteiger partial charge in [-0.2, -0.15) is 0 Å². The molecule has 0 spiro atoms. The lowest BCUT2D eigenvalue weighted by Gasteiger charge is -2.28. The van der Waals surface area contributed by atoms with E-state index < -0.39 is 32.5 Å². The van der Waals surface area contributed by atoms with Crippen molar-refractivity contribution in [2.75, 3.05) is 47.5 Å². The van der Waals surface area contributed by atoms with Gasteiger partial charge in [-0.15, -0.1) is 0 Å². The van der Waals surface area contributed by atoms with Crippen molar-refractivity contribution in [3.8, 4) is 0 Å². The van der Waals surface area contributed by atoms with Crippen LogP contribution in [-0.4, -0.2) is 70.0 Å². The number of quaternary nitrogens is 1. The quantitative estimate of drug-likeness (QED) is 0.0195. The van der Waals surface area contributed by atoms with Gasteiger partial charge in [-0.25, -0.2) is 0 Å². The number of allylic oxidation sites excluding steroid dienone is 22. The van der Waals surface area contributed by atoms with Gasteiger partial charge >= 0.3 is 11.9 Å². The van der Waals surface area contributed by atoms with Gasteiger partial charge in [0, 0.05) is 12.8 Å². The summed E-state index contributed by atoms with van der Waals surface area (Å²) in [6.07, 6.45) is 98.3. The number of hydrogen-bond acceptors (Lipinski definition) is 8. The molecule has 0 aromatic heterocycles. The minimum Gasteiger partial charge on any atom is -0.756 e. The van der Waals surface area contributed by atoms with E-state index in [1.807, 2.05) is 21.1 Å². The monoisotopic (exact) mass is 1240 g/mol. The molecule has 9 nitrogen and oxygen atoms in total. The molecule has 10 heteroatoms. The van der Waals surface area contributed by atoms with E-state index in [1.165, 1.54) is 154 Å². The van der Waals surface area contributed by atoms with E-state index in [2.05, 4.69) is 148 Å². The fourth-order valence-electron chi connectivity index (χ4n) is 9.72. The Morgan fingerprint density at radius 1 is 0.364 bits per heavy atom. The van der Waals surface area contributed by atoms with Gasteiger partial charge in [-0.05, 0) is 96.3 Å². The summed E-state index contributed by atoms with van der Waals surface area (Å²) < 4.78 is 34.3. The van der Waals surface area contributed by atoms with E-state index in [-0.39, 0.29) is 26.1 Å². The lowest BCUT2D eigenvalue weighted by molar-refractivity contribution is -0.870. The molecular formula is C78H134NO8P. The second-order valence-electron chi connectivity index (χ2n) is 24.9. The number of rotatable bonds is 65. The Hall–Kier alpha value is -3.85. The molecular weight excluding hydrogens is 1110 g/mol. The van der Waals surface area contributed by atoms with E-state index in [0.717, 1.165) is 109 Å². The fourth-order valence-corrected chi connectivity index (χ4v) is 10.5. The summed E-state index contributed by atoms with van der Waals surface area (Å²) in [5, 5.41) is 0. The number of esters is 2. The summed E-state index contributed by atoms with van der Waals surface area (Å²) in [6.45, 7) is 4.11. The van der Waals surface area contributed by atoms with Crippen molar-refractivity contribution in [2.45, 2.75) is 302 Å². The molecule has 0 aromatic rings. The number of unbranched alkanes of at least 4 members (excludes halogenated alkanes) is 29. The van der Waals surface area contributed by atoms with Crippen LogP contribution < -0.4 is 4.89 Å². The molecule has 0 rings (SSSR count). The minimum absolute atomic E-state index is 0.0430. The smallest absolute Gasteiger partial charge is 0.306 e. The molecule has 88 heavy (non-hydrogen) atoms. The highest BCUT2D eigenvalue weighted by molar-refractivity contribution is 7.45. The lowest BCUT2D eigenvalue weighted by Crippen LogP contribution is -2.37. The lowest BCUT2D eigenvalue weighted by atomic mass is 10.0. The average Bonchev–Trinajstić information content (AvgIpc) is 3.68. The van der Waals surface area contributed by atoms with Gasteiger partial charge in [0.1, 0.15) is 19.8 Å². The van der Waals surface area contributed by atoms with Crippen LogP contribution in [0.3, 0.4) is 0 Å². The van der Waals surface area contributed by atoms with E-state index in [1.54, 1.807) is 0 Å². The van der Waals surface area contributed by atoms with Crippen LogP contribution in [0.25, 0.3) is 0 Å². The second kappa shape index (κ2) is 67.5. The highest BCUT2D eigenvalue weighted by Gasteiger charge is 2.22. The first kappa shape index (κ1) is 84.2. The zero-order chi connectivity index (χ0) is 64.1. The van der Waals surface area contributed by atoms with Crippen molar-refractivity contribution < 1.29 is 42.1 Å². The largest absolute Gasteiger partial charge is 0.756 e. The summed E-state index contributed by atoms with van der Waals surface area (Å²) in [6, 6.07) is 0. The summed E-state index contributed by atoms with van der Waals surface area (Å²) in [4.78, 5) is 38.1. The molecule has 0 aliphatic carbocycles. The molecule has 0 fully saturated rings. The van der Waals surface area contributed by atoms with Gasteiger partial charge in [0.05, 0.1) is 27.7 Å². The van der Waals surface area contributed by atoms with Crippen molar-refractivity contribution in [1.82, 2.24) is 0 Å². The highest BCUT2D eigenvalue weighted by Crippen LogP contribution is 2.38. The number of carbonyl (C=O) groups is 2. The Balaban J connectivity index is 4.16. The number of hydrogen-bond donors (Lipinski definition) is 0. The zero-order valence-corrected chi connectivity index (χ0v) is 58.3. The summed E-state index contributed by atoms with van der Waals surface area (Å²) >= 11 is 0. The fraction of sp³-hybridized carbons (Fsp3) is 0.692. The van der Waals surface area contributed by atoms with Crippen LogP contribution in [0.2, 0.25) is 0 Å². The van der Waals surface area contributed by atoms with Crippen LogP contribution in [0, 0.1) is 0 Å². The van der Waals surface area contributed by atoms with Crippen LogP contribution >= 0.6 is 7.82 Å². The van der Waals surface area contributed by atoms with Gasteiger partial charge in [-0.1, -0.05) is 321 Å². The van der Waals surface area contributed by atoms with Gasteiger partial charge < -0.3 is 27.9 Å². The SMILES string of the molecule is CC/C=C\C/C=C\C/C=C\C/C=C\C/C=C\C/C=C\C/C=C\C/C=C\C/C=C\C/C=C\C/C=C\CCCCCC(=O)OC(COC(=O)CCCCCCCCCCCCCCCCCCCCCCCCCCCCC)COP(=O)([O-])OCC[N+](C)(C)C. The van der Waals surface area contributed by atoms with Crippen molar-refractivity contribution >= 4 is 19.8 Å². The molecule has 0 amide bonds. The number of carbonyl (C=O) groups excluding carboxylic acids is 2. The standard InChI is InChI=1S/C78H134NO8P/c1-6-8-10-12-14-16-18-20-22-24-26-28-30-32-34-35-36-37-38-39-40-41-42-43-45-47-49-51-53-55-57-59-61-63-65-67-69-71-78(81)87-76(75-86-88(82,83)85-73-72-79(3,4)5)74-84-77(80)70-68-66-64-62-60-58-56-54-52-50-48-46-44-33-31-29-27-25-23-21-19-17-15-13-11-9-7-2/h8,10,14,16,20,22,26,28,32,34,36-37,39-40,42-43,47,49,53,55,59,61,76H,6-7,9,11-13,15,17-19,21,23-25,27,29-31,33,35,38,41,44-46,48,50-52,54,56-58,60,62-75H2,1-5H3/b10-8-,16-14-,22-20-,28-26-,34-32-,37-36-,40-39-,43-42-,49-47-,55-53-,61-59-. The van der Waals surface area contributed by atoms with Gasteiger partial charge in [0.15, 0.2) is 6.10 Å². The molecule has 0 aliphatic rings. The maximum Gasteiger partial charge on any atom is 0.306 e. The molecule has 0 N–H and O–H groups in total. The summed E-state index contributed by atoms with van der Waals surface area (Å²) in [7, 11) is 1.14. The van der Waals surface area contributed by atoms with Gasteiger partial charge in [0.25, 0.3) is 7.82 Å². The molecule has 0 saturated heterocycles. The molecule has 0 saturated carbocycles.